The minimum Gasteiger partial charge on any atom is -0.348 e. The van der Waals surface area contributed by atoms with Crippen LogP contribution in [0.1, 0.15) is 12.7 Å². The Morgan fingerprint density at radius 3 is 2.78 bits per heavy atom. The minimum atomic E-state index is -0.286. The normalized spacial score (nSPS) is 10.9. The van der Waals surface area contributed by atoms with Crippen LogP contribution in [0.3, 0.4) is 0 Å². The summed E-state index contributed by atoms with van der Waals surface area (Å²) >= 11 is 0. The number of aromatic nitrogens is 3. The molecule has 2 heterocycles. The molecular formula is C13H11N3O2. The number of fused-ring (bicyclic) bond motifs is 1. The topological polar surface area (TPSA) is 71.8 Å². The van der Waals surface area contributed by atoms with E-state index in [0.717, 1.165) is 5.56 Å². The third-order valence-electron chi connectivity index (χ3n) is 2.76. The summed E-state index contributed by atoms with van der Waals surface area (Å²) in [7, 11) is 0. The summed E-state index contributed by atoms with van der Waals surface area (Å²) in [6.45, 7) is 1.93. The van der Waals surface area contributed by atoms with Crippen molar-refractivity contribution in [1.82, 2.24) is 15.1 Å². The van der Waals surface area contributed by atoms with Crippen LogP contribution in [-0.2, 0) is 6.42 Å². The van der Waals surface area contributed by atoms with Crippen LogP contribution in [-0.4, -0.2) is 15.1 Å². The van der Waals surface area contributed by atoms with Crippen LogP contribution in [0, 0.1) is 0 Å². The van der Waals surface area contributed by atoms with Gasteiger partial charge < -0.3 is 9.51 Å². The van der Waals surface area contributed by atoms with Gasteiger partial charge in [-0.1, -0.05) is 42.4 Å². The fourth-order valence-electron chi connectivity index (χ4n) is 1.84. The second-order valence-corrected chi connectivity index (χ2v) is 3.94. The molecule has 90 valence electrons. The summed E-state index contributed by atoms with van der Waals surface area (Å²) in [4.78, 5) is 18.8. The molecule has 0 fully saturated rings. The van der Waals surface area contributed by atoms with E-state index in [1.54, 1.807) is 0 Å². The molecule has 0 bridgehead atoms. The first kappa shape index (κ1) is 10.7. The van der Waals surface area contributed by atoms with E-state index in [4.69, 9.17) is 4.52 Å². The van der Waals surface area contributed by atoms with Gasteiger partial charge in [0, 0.05) is 12.0 Å². The number of nitrogens with zero attached hydrogens (tertiary/aromatic N) is 2. The van der Waals surface area contributed by atoms with Gasteiger partial charge in [0.1, 0.15) is 17.0 Å². The van der Waals surface area contributed by atoms with E-state index in [-0.39, 0.29) is 11.1 Å². The van der Waals surface area contributed by atoms with Gasteiger partial charge in [-0.3, -0.25) is 4.79 Å². The van der Waals surface area contributed by atoms with Crippen LogP contribution in [0.25, 0.3) is 22.4 Å². The number of aromatic amines is 1. The number of hydrogen-bond donors (Lipinski definition) is 1. The number of nitrogens with one attached hydrogen (secondary N) is 1. The van der Waals surface area contributed by atoms with Crippen molar-refractivity contribution < 1.29 is 4.52 Å². The Labute approximate surface area is 102 Å². The van der Waals surface area contributed by atoms with Crippen molar-refractivity contribution in [3.8, 4) is 11.3 Å². The first-order chi connectivity index (χ1) is 8.79. The monoisotopic (exact) mass is 241 g/mol. The van der Waals surface area contributed by atoms with Gasteiger partial charge in [-0.05, 0) is 0 Å². The molecule has 0 aliphatic rings. The van der Waals surface area contributed by atoms with Gasteiger partial charge >= 0.3 is 0 Å². The van der Waals surface area contributed by atoms with E-state index in [1.165, 1.54) is 0 Å². The van der Waals surface area contributed by atoms with Crippen molar-refractivity contribution in [1.29, 1.82) is 0 Å². The van der Waals surface area contributed by atoms with E-state index in [2.05, 4.69) is 15.1 Å². The molecule has 18 heavy (non-hydrogen) atoms. The van der Waals surface area contributed by atoms with Crippen LogP contribution in [0.15, 0.2) is 39.6 Å². The quantitative estimate of drug-likeness (QED) is 0.746. The van der Waals surface area contributed by atoms with Crippen molar-refractivity contribution in [3.63, 3.8) is 0 Å². The summed E-state index contributed by atoms with van der Waals surface area (Å²) < 4.78 is 5.08. The molecule has 1 aromatic carbocycles. The molecule has 3 aromatic rings. The largest absolute Gasteiger partial charge is 0.348 e. The van der Waals surface area contributed by atoms with Gasteiger partial charge in [-0.2, -0.15) is 0 Å². The number of rotatable bonds is 2. The van der Waals surface area contributed by atoms with Crippen molar-refractivity contribution >= 4 is 11.1 Å². The highest BCUT2D eigenvalue weighted by Gasteiger charge is 2.15. The first-order valence-electron chi connectivity index (χ1n) is 5.73. The third-order valence-corrected chi connectivity index (χ3v) is 2.76. The molecule has 0 radical (unpaired) electrons. The third kappa shape index (κ3) is 1.60. The molecule has 0 saturated carbocycles. The maximum Gasteiger partial charge on any atom is 0.297 e. The molecule has 0 unspecified atom stereocenters. The Morgan fingerprint density at radius 1 is 1.28 bits per heavy atom. The Hall–Kier alpha value is -2.43. The lowest BCUT2D eigenvalue weighted by Crippen LogP contribution is -2.10. The lowest BCUT2D eigenvalue weighted by Gasteiger charge is -1.97. The molecule has 1 N–H and O–H groups in total. The first-order valence-corrected chi connectivity index (χ1v) is 5.73. The Kier molecular flexibility index (Phi) is 2.44. The smallest absolute Gasteiger partial charge is 0.297 e. The van der Waals surface area contributed by atoms with Crippen molar-refractivity contribution in [2.45, 2.75) is 13.3 Å². The molecular weight excluding hydrogens is 230 g/mol. The molecule has 3 rings (SSSR count). The summed E-state index contributed by atoms with van der Waals surface area (Å²) in [6, 6.07) is 9.55. The summed E-state index contributed by atoms with van der Waals surface area (Å²) in [6.07, 6.45) is 0.657. The lowest BCUT2D eigenvalue weighted by atomic mass is 10.1. The Morgan fingerprint density at radius 2 is 2.06 bits per heavy atom. The fraction of sp³-hybridized carbons (Fsp3) is 0.154. The number of hydrogen-bond acceptors (Lipinski definition) is 4. The van der Waals surface area contributed by atoms with Gasteiger partial charge in [0.2, 0.25) is 0 Å². The van der Waals surface area contributed by atoms with Gasteiger partial charge in [0.25, 0.3) is 11.1 Å². The molecule has 2 aromatic heterocycles. The van der Waals surface area contributed by atoms with Crippen molar-refractivity contribution in [3.05, 3.63) is 46.5 Å². The van der Waals surface area contributed by atoms with E-state index >= 15 is 0 Å². The molecule has 0 aliphatic carbocycles. The summed E-state index contributed by atoms with van der Waals surface area (Å²) in [5, 5.41) is 3.94. The number of benzene rings is 1. The second-order valence-electron chi connectivity index (χ2n) is 3.94. The lowest BCUT2D eigenvalue weighted by molar-refractivity contribution is 0.456. The highest BCUT2D eigenvalue weighted by Crippen LogP contribution is 2.24. The summed E-state index contributed by atoms with van der Waals surface area (Å²) in [5.74, 6) is 0.632. The van der Waals surface area contributed by atoms with Crippen LogP contribution in [0.4, 0.5) is 0 Å². The van der Waals surface area contributed by atoms with Gasteiger partial charge in [-0.15, -0.1) is 0 Å². The predicted molar refractivity (Wildman–Crippen MR) is 67.2 cm³/mol. The molecule has 0 amide bonds. The van der Waals surface area contributed by atoms with E-state index in [1.807, 2.05) is 37.3 Å². The zero-order valence-electron chi connectivity index (χ0n) is 9.80. The van der Waals surface area contributed by atoms with Crippen LogP contribution < -0.4 is 5.56 Å². The maximum atomic E-state index is 11.8. The van der Waals surface area contributed by atoms with Gasteiger partial charge in [-0.25, -0.2) is 4.98 Å². The highest BCUT2D eigenvalue weighted by molar-refractivity contribution is 5.87. The van der Waals surface area contributed by atoms with E-state index < -0.39 is 0 Å². The number of aryl methyl sites for hydroxylation is 1. The fourth-order valence-corrected chi connectivity index (χ4v) is 1.84. The average Bonchev–Trinajstić information content (AvgIpc) is 2.84. The maximum absolute atomic E-state index is 11.8. The summed E-state index contributed by atoms with van der Waals surface area (Å²) in [5.41, 5.74) is 1.89. The zero-order chi connectivity index (χ0) is 12.5. The zero-order valence-corrected chi connectivity index (χ0v) is 9.80. The predicted octanol–water partition coefficient (Wildman–Crippen LogP) is 2.14. The van der Waals surface area contributed by atoms with E-state index in [0.29, 0.717) is 23.5 Å². The number of H-pyrrole nitrogens is 1. The van der Waals surface area contributed by atoms with E-state index in [9.17, 15) is 4.79 Å². The average molecular weight is 241 g/mol. The Bertz CT molecular complexity index is 744. The van der Waals surface area contributed by atoms with Gasteiger partial charge in [0.05, 0.1) is 0 Å². The van der Waals surface area contributed by atoms with Gasteiger partial charge in [0.15, 0.2) is 0 Å². The SMILES string of the molecule is CCc1nc2c(-c3ccccc3)noc2c(=O)[nH]1. The van der Waals surface area contributed by atoms with Crippen molar-refractivity contribution in [2.75, 3.05) is 0 Å². The molecule has 0 spiro atoms. The van der Waals surface area contributed by atoms with Crippen LogP contribution in [0.2, 0.25) is 0 Å². The minimum absolute atomic E-state index is 0.172. The van der Waals surface area contributed by atoms with Crippen LogP contribution in [0.5, 0.6) is 0 Å². The molecule has 5 heteroatoms. The Balaban J connectivity index is 2.32. The molecule has 0 atom stereocenters. The molecule has 0 saturated heterocycles. The van der Waals surface area contributed by atoms with Crippen molar-refractivity contribution in [2.24, 2.45) is 0 Å². The standard InChI is InChI=1S/C13H11N3O2/c1-2-9-14-11-10(8-6-4-3-5-7-8)16-18-12(11)13(17)15-9/h3-7H,2H2,1H3,(H,14,15,17). The second kappa shape index (κ2) is 4.10. The molecule has 0 aliphatic heterocycles. The highest BCUT2D eigenvalue weighted by atomic mass is 16.5. The molecule has 5 nitrogen and oxygen atoms in total. The van der Waals surface area contributed by atoms with Crippen LogP contribution >= 0.6 is 0 Å².